The molecule has 1 saturated heterocycles. The molecule has 1 aliphatic heterocycles. The predicted octanol–water partition coefficient (Wildman–Crippen LogP) is 0.946. The third-order valence-electron chi connectivity index (χ3n) is 2.76. The van der Waals surface area contributed by atoms with Crippen molar-refractivity contribution in [2.24, 2.45) is 0 Å². The van der Waals surface area contributed by atoms with E-state index in [9.17, 15) is 4.79 Å². The van der Waals surface area contributed by atoms with Crippen molar-refractivity contribution in [3.05, 3.63) is 35.9 Å². The number of nitrogens with zero attached hydrogens (tertiary/aromatic N) is 1. The van der Waals surface area contributed by atoms with E-state index < -0.39 is 12.3 Å². The van der Waals surface area contributed by atoms with Gasteiger partial charge in [-0.3, -0.25) is 4.90 Å². The van der Waals surface area contributed by atoms with Crippen LogP contribution in [0.5, 0.6) is 0 Å². The molecule has 18 heavy (non-hydrogen) atoms. The van der Waals surface area contributed by atoms with Gasteiger partial charge in [0.2, 0.25) is 0 Å². The molecule has 5 heteroatoms. The molecule has 0 radical (unpaired) electrons. The number of hydrogen-bond donors (Lipinski definition) is 1. The molecule has 5 nitrogen and oxygen atoms in total. The summed E-state index contributed by atoms with van der Waals surface area (Å²) in [6.45, 7) is 2.52. The quantitative estimate of drug-likeness (QED) is 0.844. The molecule has 1 N–H and O–H groups in total. The molecular weight excluding hydrogens is 234 g/mol. The molecule has 1 aliphatic rings. The minimum atomic E-state index is -0.973. The predicted molar refractivity (Wildman–Crippen MR) is 65.0 cm³/mol. The second-order valence-corrected chi connectivity index (χ2v) is 4.23. The number of rotatable bonds is 5. The summed E-state index contributed by atoms with van der Waals surface area (Å²) in [5.41, 5.74) is 1.23. The summed E-state index contributed by atoms with van der Waals surface area (Å²) >= 11 is 0. The maximum atomic E-state index is 10.4. The fraction of sp³-hybridized carbons (Fsp3) is 0.462. The van der Waals surface area contributed by atoms with E-state index >= 15 is 0 Å². The van der Waals surface area contributed by atoms with Crippen molar-refractivity contribution in [3.8, 4) is 0 Å². The van der Waals surface area contributed by atoms with Crippen LogP contribution in [0.1, 0.15) is 5.56 Å². The minimum absolute atomic E-state index is 0.316. The highest BCUT2D eigenvalue weighted by Gasteiger charge is 2.21. The Labute approximate surface area is 106 Å². The highest BCUT2D eigenvalue weighted by molar-refractivity contribution is 5.68. The van der Waals surface area contributed by atoms with E-state index in [1.54, 1.807) is 0 Å². The molecule has 0 aliphatic carbocycles. The maximum absolute atomic E-state index is 10.4. The van der Waals surface area contributed by atoms with E-state index in [2.05, 4.69) is 17.0 Å². The van der Waals surface area contributed by atoms with Crippen molar-refractivity contribution in [1.29, 1.82) is 0 Å². The van der Waals surface area contributed by atoms with Gasteiger partial charge in [-0.25, -0.2) is 4.79 Å². The van der Waals surface area contributed by atoms with Crippen LogP contribution in [0.25, 0.3) is 0 Å². The number of hydrogen-bond acceptors (Lipinski definition) is 4. The number of benzene rings is 1. The summed E-state index contributed by atoms with van der Waals surface area (Å²) in [5, 5.41) is 8.55. The zero-order valence-electron chi connectivity index (χ0n) is 10.1. The summed E-state index contributed by atoms with van der Waals surface area (Å²) < 4.78 is 10.5. The van der Waals surface area contributed by atoms with Crippen LogP contribution in [0, 0.1) is 0 Å². The lowest BCUT2D eigenvalue weighted by molar-refractivity contribution is -0.190. The average Bonchev–Trinajstić information content (AvgIpc) is 2.38. The Balaban J connectivity index is 1.81. The first kappa shape index (κ1) is 13.0. The number of carboxylic acid groups (broad SMARTS) is 1. The molecule has 0 bridgehead atoms. The van der Waals surface area contributed by atoms with Crippen LogP contribution in [0.15, 0.2) is 30.3 Å². The fourth-order valence-corrected chi connectivity index (χ4v) is 1.92. The van der Waals surface area contributed by atoms with Crippen LogP contribution in [0.3, 0.4) is 0 Å². The Kier molecular flexibility index (Phi) is 4.69. The summed E-state index contributed by atoms with van der Waals surface area (Å²) in [6.07, 6.45) is -0.446. The number of carboxylic acids is 1. The van der Waals surface area contributed by atoms with Crippen LogP contribution >= 0.6 is 0 Å². The van der Waals surface area contributed by atoms with E-state index in [1.807, 2.05) is 18.2 Å². The van der Waals surface area contributed by atoms with E-state index in [1.165, 1.54) is 5.56 Å². The second-order valence-electron chi connectivity index (χ2n) is 4.23. The summed E-state index contributed by atoms with van der Waals surface area (Å²) in [6, 6.07) is 10.1. The summed E-state index contributed by atoms with van der Waals surface area (Å²) in [4.78, 5) is 12.6. The number of morpholine rings is 1. The van der Waals surface area contributed by atoms with Gasteiger partial charge in [0, 0.05) is 19.6 Å². The zero-order valence-corrected chi connectivity index (χ0v) is 10.1. The lowest BCUT2D eigenvalue weighted by atomic mass is 10.2. The smallest absolute Gasteiger partial charge is 0.329 e. The number of ether oxygens (including phenoxy) is 2. The zero-order chi connectivity index (χ0) is 12.8. The van der Waals surface area contributed by atoms with Crippen LogP contribution < -0.4 is 0 Å². The van der Waals surface area contributed by atoms with E-state index in [4.69, 9.17) is 14.6 Å². The number of carbonyl (C=O) groups is 1. The molecule has 0 amide bonds. The Morgan fingerprint density at radius 2 is 2.22 bits per heavy atom. The van der Waals surface area contributed by atoms with Crippen molar-refractivity contribution in [3.63, 3.8) is 0 Å². The first-order valence-electron chi connectivity index (χ1n) is 5.95. The van der Waals surface area contributed by atoms with Crippen molar-refractivity contribution in [1.82, 2.24) is 4.90 Å². The summed E-state index contributed by atoms with van der Waals surface area (Å²) in [5.74, 6) is -0.973. The lowest BCUT2D eigenvalue weighted by Crippen LogP contribution is -2.43. The Hall–Kier alpha value is -1.43. The Morgan fingerprint density at radius 1 is 1.44 bits per heavy atom. The monoisotopic (exact) mass is 251 g/mol. The van der Waals surface area contributed by atoms with E-state index in [0.717, 1.165) is 13.1 Å². The molecule has 1 atom stereocenters. The molecular formula is C13H17NO4. The molecule has 2 rings (SSSR count). The van der Waals surface area contributed by atoms with Crippen molar-refractivity contribution >= 4 is 5.97 Å². The molecule has 98 valence electrons. The van der Waals surface area contributed by atoms with Gasteiger partial charge in [0.25, 0.3) is 0 Å². The molecule has 1 aromatic carbocycles. The van der Waals surface area contributed by atoms with Gasteiger partial charge in [-0.1, -0.05) is 30.3 Å². The van der Waals surface area contributed by atoms with Crippen LogP contribution in [-0.4, -0.2) is 48.6 Å². The summed E-state index contributed by atoms with van der Waals surface area (Å²) in [7, 11) is 0. The van der Waals surface area contributed by atoms with Crippen molar-refractivity contribution in [2.45, 2.75) is 12.8 Å². The van der Waals surface area contributed by atoms with Crippen LogP contribution in [0.2, 0.25) is 0 Å². The average molecular weight is 251 g/mol. The van der Waals surface area contributed by atoms with Gasteiger partial charge in [0.1, 0.15) is 6.61 Å². The molecule has 1 aromatic rings. The van der Waals surface area contributed by atoms with Gasteiger partial charge >= 0.3 is 5.97 Å². The standard InChI is InChI=1S/C13H17NO4/c15-12(16)10-18-13-9-14(6-7-17-13)8-11-4-2-1-3-5-11/h1-5,13H,6-10H2,(H,15,16). The minimum Gasteiger partial charge on any atom is -0.480 e. The van der Waals surface area contributed by atoms with Gasteiger partial charge in [0.15, 0.2) is 6.29 Å². The highest BCUT2D eigenvalue weighted by Crippen LogP contribution is 2.11. The van der Waals surface area contributed by atoms with Crippen LogP contribution in [-0.2, 0) is 20.8 Å². The molecule has 1 heterocycles. The Morgan fingerprint density at radius 3 is 2.94 bits per heavy atom. The largest absolute Gasteiger partial charge is 0.480 e. The maximum Gasteiger partial charge on any atom is 0.329 e. The van der Waals surface area contributed by atoms with Gasteiger partial charge in [-0.05, 0) is 5.56 Å². The fourth-order valence-electron chi connectivity index (χ4n) is 1.92. The third-order valence-corrected chi connectivity index (χ3v) is 2.76. The van der Waals surface area contributed by atoms with Gasteiger partial charge in [-0.2, -0.15) is 0 Å². The first-order chi connectivity index (χ1) is 8.74. The third kappa shape index (κ3) is 4.10. The topological polar surface area (TPSA) is 59.0 Å². The van der Waals surface area contributed by atoms with Gasteiger partial charge < -0.3 is 14.6 Å². The van der Waals surface area contributed by atoms with Crippen molar-refractivity contribution in [2.75, 3.05) is 26.3 Å². The lowest BCUT2D eigenvalue weighted by Gasteiger charge is -2.32. The number of aliphatic carboxylic acids is 1. The van der Waals surface area contributed by atoms with Gasteiger partial charge in [-0.15, -0.1) is 0 Å². The van der Waals surface area contributed by atoms with E-state index in [-0.39, 0.29) is 6.61 Å². The van der Waals surface area contributed by atoms with Crippen LogP contribution in [0.4, 0.5) is 0 Å². The molecule has 1 fully saturated rings. The first-order valence-corrected chi connectivity index (χ1v) is 5.95. The SMILES string of the molecule is O=C(O)COC1CN(Cc2ccccc2)CCO1. The normalized spacial score (nSPS) is 20.8. The molecule has 1 unspecified atom stereocenters. The molecule has 0 aromatic heterocycles. The van der Waals surface area contributed by atoms with Gasteiger partial charge in [0.05, 0.1) is 6.61 Å². The van der Waals surface area contributed by atoms with E-state index in [0.29, 0.717) is 13.2 Å². The second kappa shape index (κ2) is 6.49. The van der Waals surface area contributed by atoms with Crippen molar-refractivity contribution < 1.29 is 19.4 Å². The molecule has 0 spiro atoms. The Bertz CT molecular complexity index is 382. The molecule has 0 saturated carbocycles. The highest BCUT2D eigenvalue weighted by atomic mass is 16.7.